The smallest absolute Gasteiger partial charge is 0.317 e. The van der Waals surface area contributed by atoms with Gasteiger partial charge in [-0.05, 0) is 42.0 Å². The van der Waals surface area contributed by atoms with Gasteiger partial charge in [0.05, 0.1) is 24.2 Å². The molecule has 172 valence electrons. The van der Waals surface area contributed by atoms with Gasteiger partial charge in [0.25, 0.3) is 0 Å². The molecule has 2 N–H and O–H groups in total. The zero-order chi connectivity index (χ0) is 22.2. The van der Waals surface area contributed by atoms with Gasteiger partial charge in [-0.1, -0.05) is 13.8 Å². The van der Waals surface area contributed by atoms with E-state index in [0.717, 1.165) is 30.9 Å². The van der Waals surface area contributed by atoms with Crippen LogP contribution in [0, 0.1) is 11.3 Å². The first-order chi connectivity index (χ1) is 14.7. The van der Waals surface area contributed by atoms with Gasteiger partial charge in [0.15, 0.2) is 9.84 Å². The third-order valence-corrected chi connectivity index (χ3v) is 8.60. The van der Waals surface area contributed by atoms with Crippen molar-refractivity contribution in [3.05, 3.63) is 24.3 Å². The van der Waals surface area contributed by atoms with Crippen molar-refractivity contribution in [2.45, 2.75) is 26.3 Å². The van der Waals surface area contributed by atoms with Gasteiger partial charge in [-0.2, -0.15) is 0 Å². The topological polar surface area (TPSA) is 93.2 Å². The molecule has 2 unspecified atom stereocenters. The van der Waals surface area contributed by atoms with E-state index in [1.165, 1.54) is 0 Å². The summed E-state index contributed by atoms with van der Waals surface area (Å²) in [6, 6.07) is 8.54. The Bertz CT molecular complexity index is 889. The van der Waals surface area contributed by atoms with Gasteiger partial charge in [0, 0.05) is 50.6 Å². The molecule has 2 atom stereocenters. The summed E-state index contributed by atoms with van der Waals surface area (Å²) >= 11 is 0. The third kappa shape index (κ3) is 4.77. The maximum absolute atomic E-state index is 12.6. The van der Waals surface area contributed by atoms with Crippen LogP contribution in [0.3, 0.4) is 0 Å². The molecule has 4 saturated heterocycles. The lowest BCUT2D eigenvalue weighted by molar-refractivity contribution is 0.185. The summed E-state index contributed by atoms with van der Waals surface area (Å²) in [6.45, 7) is 8.18. The summed E-state index contributed by atoms with van der Waals surface area (Å²) in [5.41, 5.74) is 2.28. The van der Waals surface area contributed by atoms with Crippen molar-refractivity contribution >= 4 is 27.2 Å². The second kappa shape index (κ2) is 8.50. The highest BCUT2D eigenvalue weighted by Crippen LogP contribution is 2.43. The summed E-state index contributed by atoms with van der Waals surface area (Å²) < 4.78 is 23.4. The first kappa shape index (κ1) is 22.2. The van der Waals surface area contributed by atoms with E-state index in [2.05, 4.69) is 53.2 Å². The van der Waals surface area contributed by atoms with Gasteiger partial charge in [-0.25, -0.2) is 13.2 Å². The summed E-state index contributed by atoms with van der Waals surface area (Å²) in [6.07, 6.45) is 1.08. The minimum Gasteiger partial charge on any atom is -0.395 e. The number of anilines is 2. The summed E-state index contributed by atoms with van der Waals surface area (Å²) in [5.74, 6) is 0.820. The Hall–Kier alpha value is -2.00. The number of urea groups is 1. The molecule has 8 nitrogen and oxygen atoms in total. The number of sulfone groups is 1. The van der Waals surface area contributed by atoms with Crippen LogP contribution in [-0.2, 0) is 9.84 Å². The number of benzene rings is 1. The van der Waals surface area contributed by atoms with Crippen molar-refractivity contribution in [3.8, 4) is 0 Å². The molecule has 31 heavy (non-hydrogen) atoms. The Balaban J connectivity index is 1.51. The van der Waals surface area contributed by atoms with Crippen molar-refractivity contribution in [2.24, 2.45) is 11.3 Å². The maximum Gasteiger partial charge on any atom is 0.317 e. The van der Waals surface area contributed by atoms with Crippen LogP contribution in [0.4, 0.5) is 16.2 Å². The van der Waals surface area contributed by atoms with Crippen molar-refractivity contribution < 1.29 is 18.3 Å². The SMILES string of the molecule is CC1(C)CC2CN(C(=O)NCCO)CC1N(c1ccc(N3CCS(=O)(=O)CC3)cc1)C2. The van der Waals surface area contributed by atoms with Gasteiger partial charge < -0.3 is 25.1 Å². The molecule has 5 rings (SSSR count). The number of fused-ring (bicyclic) bond motifs is 4. The fourth-order valence-corrected chi connectivity index (χ4v) is 6.59. The molecule has 2 amide bonds. The van der Waals surface area contributed by atoms with Crippen LogP contribution >= 0.6 is 0 Å². The van der Waals surface area contributed by atoms with Crippen LogP contribution < -0.4 is 15.1 Å². The lowest BCUT2D eigenvalue weighted by atomic mass is 9.73. The second-order valence-electron chi connectivity index (χ2n) is 9.74. The van der Waals surface area contributed by atoms with E-state index in [-0.39, 0.29) is 42.1 Å². The van der Waals surface area contributed by atoms with E-state index in [0.29, 0.717) is 25.6 Å². The molecular weight excluding hydrogens is 416 g/mol. The monoisotopic (exact) mass is 450 g/mol. The number of hydrogen-bond donors (Lipinski definition) is 2. The van der Waals surface area contributed by atoms with Crippen molar-refractivity contribution in [2.75, 3.05) is 67.2 Å². The predicted molar refractivity (Wildman–Crippen MR) is 122 cm³/mol. The first-order valence-electron chi connectivity index (χ1n) is 11.1. The summed E-state index contributed by atoms with van der Waals surface area (Å²) in [4.78, 5) is 19.1. The number of carbonyl (C=O) groups is 1. The van der Waals surface area contributed by atoms with E-state index in [1.807, 2.05) is 4.90 Å². The number of piperidine rings is 1. The normalized spacial score (nSPS) is 27.1. The fourth-order valence-electron chi connectivity index (χ4n) is 5.39. The summed E-state index contributed by atoms with van der Waals surface area (Å²) in [7, 11) is -2.89. The van der Waals surface area contributed by atoms with Crippen LogP contribution in [0.2, 0.25) is 0 Å². The fraction of sp³-hybridized carbons (Fsp3) is 0.682. The van der Waals surface area contributed by atoms with Gasteiger partial charge in [-0.3, -0.25) is 0 Å². The molecule has 1 aromatic rings. The number of amides is 2. The molecule has 4 heterocycles. The zero-order valence-corrected chi connectivity index (χ0v) is 19.3. The Morgan fingerprint density at radius 2 is 1.74 bits per heavy atom. The number of carbonyl (C=O) groups excluding carboxylic acids is 1. The molecule has 4 aliphatic rings. The lowest BCUT2D eigenvalue weighted by Crippen LogP contribution is -2.54. The van der Waals surface area contributed by atoms with E-state index in [1.54, 1.807) is 0 Å². The zero-order valence-electron chi connectivity index (χ0n) is 18.5. The number of aliphatic hydroxyl groups excluding tert-OH is 1. The number of aliphatic hydroxyl groups is 1. The Morgan fingerprint density at radius 3 is 2.39 bits per heavy atom. The molecule has 0 aliphatic carbocycles. The second-order valence-corrected chi connectivity index (χ2v) is 12.0. The van der Waals surface area contributed by atoms with Crippen LogP contribution in [0.15, 0.2) is 24.3 Å². The van der Waals surface area contributed by atoms with Gasteiger partial charge in [0.2, 0.25) is 0 Å². The number of rotatable bonds is 4. The van der Waals surface area contributed by atoms with Crippen LogP contribution in [0.25, 0.3) is 0 Å². The predicted octanol–water partition coefficient (Wildman–Crippen LogP) is 1.16. The van der Waals surface area contributed by atoms with E-state index < -0.39 is 9.84 Å². The van der Waals surface area contributed by atoms with Crippen LogP contribution in [-0.4, -0.2) is 87.9 Å². The average molecular weight is 451 g/mol. The highest BCUT2D eigenvalue weighted by atomic mass is 32.2. The molecule has 2 bridgehead atoms. The average Bonchev–Trinajstić information content (AvgIpc) is 2.99. The molecule has 0 saturated carbocycles. The Kier molecular flexibility index (Phi) is 6.09. The van der Waals surface area contributed by atoms with Crippen molar-refractivity contribution in [1.29, 1.82) is 0 Å². The van der Waals surface area contributed by atoms with E-state index >= 15 is 0 Å². The third-order valence-electron chi connectivity index (χ3n) is 6.99. The van der Waals surface area contributed by atoms with Crippen molar-refractivity contribution in [3.63, 3.8) is 0 Å². The number of nitrogens with one attached hydrogen (secondary N) is 1. The van der Waals surface area contributed by atoms with E-state index in [4.69, 9.17) is 5.11 Å². The quantitative estimate of drug-likeness (QED) is 0.715. The summed E-state index contributed by atoms with van der Waals surface area (Å²) in [5, 5.41) is 11.8. The minimum atomic E-state index is -2.89. The van der Waals surface area contributed by atoms with E-state index in [9.17, 15) is 13.2 Å². The Morgan fingerprint density at radius 1 is 1.10 bits per heavy atom. The van der Waals surface area contributed by atoms with Gasteiger partial charge in [0.1, 0.15) is 0 Å². The number of nitrogens with zero attached hydrogens (tertiary/aromatic N) is 3. The molecule has 4 fully saturated rings. The van der Waals surface area contributed by atoms with Crippen LogP contribution in [0.1, 0.15) is 20.3 Å². The largest absolute Gasteiger partial charge is 0.395 e. The van der Waals surface area contributed by atoms with Gasteiger partial charge >= 0.3 is 6.03 Å². The minimum absolute atomic E-state index is 0.0562. The van der Waals surface area contributed by atoms with Gasteiger partial charge in [-0.15, -0.1) is 0 Å². The molecule has 0 aromatic heterocycles. The van der Waals surface area contributed by atoms with Crippen molar-refractivity contribution in [1.82, 2.24) is 10.2 Å². The number of hydrogen-bond acceptors (Lipinski definition) is 6. The first-order valence-corrected chi connectivity index (χ1v) is 13.0. The lowest BCUT2D eigenvalue weighted by Gasteiger charge is -2.48. The molecule has 1 aromatic carbocycles. The molecular formula is C22H34N4O4S. The van der Waals surface area contributed by atoms with Crippen LogP contribution in [0.5, 0.6) is 0 Å². The Labute approximate surface area is 185 Å². The molecule has 0 spiro atoms. The molecule has 0 radical (unpaired) electrons. The highest BCUT2D eigenvalue weighted by molar-refractivity contribution is 7.91. The maximum atomic E-state index is 12.6. The molecule has 9 heteroatoms. The standard InChI is InChI=1S/C22H34N4O4S/c1-22(2)13-17-14-25(21(28)23-7-10-27)16-20(22)26(15-17)19-5-3-18(4-6-19)24-8-11-31(29,30)12-9-24/h3-6,17,20,27H,7-16H2,1-2H3,(H,23,28). The molecule has 4 aliphatic heterocycles. The highest BCUT2D eigenvalue weighted by Gasteiger charge is 2.46.